The molecule has 0 aliphatic carbocycles. The summed E-state index contributed by atoms with van der Waals surface area (Å²) >= 11 is 0. The second-order valence-corrected chi connectivity index (χ2v) is 9.94. The zero-order valence-electron chi connectivity index (χ0n) is 22.3. The molecule has 0 aliphatic heterocycles. The first kappa shape index (κ1) is 28.9. The monoisotopic (exact) mass is 538 g/mol. The van der Waals surface area contributed by atoms with E-state index in [0.29, 0.717) is 5.82 Å². The van der Waals surface area contributed by atoms with E-state index in [1.807, 2.05) is 52.0 Å². The summed E-state index contributed by atoms with van der Waals surface area (Å²) in [5.74, 6) is -0.967. The lowest BCUT2D eigenvalue weighted by atomic mass is 9.92. The number of non-ortho nitro benzene ring substituents is 2. The van der Waals surface area contributed by atoms with Crippen LogP contribution in [0.25, 0.3) is 5.69 Å². The Kier molecular flexibility index (Phi) is 8.76. The molecule has 3 aromatic rings. The Labute approximate surface area is 224 Å². The molecule has 0 unspecified atom stereocenters. The summed E-state index contributed by atoms with van der Waals surface area (Å²) in [7, 11) is 1.41. The van der Waals surface area contributed by atoms with Gasteiger partial charge >= 0.3 is 0 Å². The van der Waals surface area contributed by atoms with Crippen molar-refractivity contribution in [3.05, 3.63) is 85.6 Å². The van der Waals surface area contributed by atoms with Crippen molar-refractivity contribution in [3.8, 4) is 5.69 Å². The van der Waals surface area contributed by atoms with E-state index in [0.717, 1.165) is 40.0 Å². The molecule has 0 atom stereocenters. The van der Waals surface area contributed by atoms with E-state index in [1.54, 1.807) is 10.7 Å². The van der Waals surface area contributed by atoms with Gasteiger partial charge in [0.15, 0.2) is 0 Å². The molecule has 2 amide bonds. The van der Waals surface area contributed by atoms with Crippen LogP contribution in [0.15, 0.2) is 48.5 Å². The number of benzene rings is 2. The Morgan fingerprint density at radius 1 is 1.05 bits per heavy atom. The summed E-state index contributed by atoms with van der Waals surface area (Å²) in [6, 6.07) is 12.0. The number of nitrogens with zero attached hydrogens (tertiary/aromatic N) is 5. The van der Waals surface area contributed by atoms with E-state index in [9.17, 15) is 29.8 Å². The molecular formula is C26H30N6O7. The lowest BCUT2D eigenvalue weighted by Gasteiger charge is -2.22. The lowest BCUT2D eigenvalue weighted by Crippen LogP contribution is -2.40. The number of amides is 2. The van der Waals surface area contributed by atoms with Crippen LogP contribution in [0.4, 0.5) is 17.2 Å². The van der Waals surface area contributed by atoms with Gasteiger partial charge in [0.25, 0.3) is 17.3 Å². The van der Waals surface area contributed by atoms with Crippen molar-refractivity contribution in [2.24, 2.45) is 0 Å². The molecule has 1 heterocycles. The van der Waals surface area contributed by atoms with Crippen molar-refractivity contribution in [2.75, 3.05) is 32.1 Å². The molecule has 13 heteroatoms. The SMILES string of the molecule is COCCN(CC(=O)Nc1cc(C(C)(C)C)nn1-c1cccc(C)c1)C(=O)c1cc([N+](=O)[O-])cc([N+](=O)[O-])c1. The molecule has 13 nitrogen and oxygen atoms in total. The number of ether oxygens (including phenoxy) is 1. The van der Waals surface area contributed by atoms with Crippen LogP contribution in [0.2, 0.25) is 0 Å². The molecule has 0 radical (unpaired) electrons. The molecule has 1 N–H and O–H groups in total. The molecule has 0 aliphatic rings. The van der Waals surface area contributed by atoms with E-state index >= 15 is 0 Å². The summed E-state index contributed by atoms with van der Waals surface area (Å²) in [5, 5.41) is 30.1. The topological polar surface area (TPSA) is 163 Å². The molecule has 0 saturated heterocycles. The summed E-state index contributed by atoms with van der Waals surface area (Å²) in [6.07, 6.45) is 0. The van der Waals surface area contributed by atoms with E-state index < -0.39 is 39.6 Å². The van der Waals surface area contributed by atoms with Crippen LogP contribution in [-0.4, -0.2) is 63.1 Å². The third kappa shape index (κ3) is 7.23. The first-order valence-electron chi connectivity index (χ1n) is 12.0. The Hall–Kier alpha value is -4.65. The fraction of sp³-hybridized carbons (Fsp3) is 0.346. The van der Waals surface area contributed by atoms with Crippen molar-refractivity contribution < 1.29 is 24.2 Å². The number of carbonyl (C=O) groups excluding carboxylic acids is 2. The molecule has 39 heavy (non-hydrogen) atoms. The molecule has 2 aromatic carbocycles. The summed E-state index contributed by atoms with van der Waals surface area (Å²) in [4.78, 5) is 48.5. The van der Waals surface area contributed by atoms with Gasteiger partial charge in [-0.3, -0.25) is 29.8 Å². The van der Waals surface area contributed by atoms with Crippen LogP contribution < -0.4 is 5.32 Å². The van der Waals surface area contributed by atoms with E-state index in [1.165, 1.54) is 7.11 Å². The van der Waals surface area contributed by atoms with Gasteiger partial charge in [0.2, 0.25) is 5.91 Å². The number of methoxy groups -OCH3 is 1. The van der Waals surface area contributed by atoms with Gasteiger partial charge in [0.05, 0.1) is 39.5 Å². The predicted molar refractivity (Wildman–Crippen MR) is 143 cm³/mol. The number of nitrogens with one attached hydrogen (secondary N) is 1. The minimum Gasteiger partial charge on any atom is -0.383 e. The number of rotatable bonds is 10. The number of carbonyl (C=O) groups is 2. The molecule has 0 fully saturated rings. The number of hydrogen-bond donors (Lipinski definition) is 1. The molecule has 3 rings (SSSR count). The predicted octanol–water partition coefficient (Wildman–Crippen LogP) is 4.02. The maximum Gasteiger partial charge on any atom is 0.277 e. The minimum atomic E-state index is -0.824. The van der Waals surface area contributed by atoms with Gasteiger partial charge in [-0.2, -0.15) is 5.10 Å². The average Bonchev–Trinajstić information content (AvgIpc) is 3.30. The highest BCUT2D eigenvalue weighted by atomic mass is 16.6. The maximum atomic E-state index is 13.3. The lowest BCUT2D eigenvalue weighted by molar-refractivity contribution is -0.394. The van der Waals surface area contributed by atoms with Crippen LogP contribution in [-0.2, 0) is 14.9 Å². The molecule has 1 aromatic heterocycles. The van der Waals surface area contributed by atoms with Gasteiger partial charge in [-0.15, -0.1) is 0 Å². The highest BCUT2D eigenvalue weighted by molar-refractivity contribution is 6.00. The van der Waals surface area contributed by atoms with Crippen molar-refractivity contribution >= 4 is 29.0 Å². The van der Waals surface area contributed by atoms with Crippen LogP contribution in [0.1, 0.15) is 42.4 Å². The first-order chi connectivity index (χ1) is 18.3. The summed E-state index contributed by atoms with van der Waals surface area (Å²) in [6.45, 7) is 7.49. The van der Waals surface area contributed by atoms with Crippen molar-refractivity contribution in [1.82, 2.24) is 14.7 Å². The van der Waals surface area contributed by atoms with Crippen molar-refractivity contribution in [2.45, 2.75) is 33.1 Å². The Bertz CT molecular complexity index is 1380. The number of aromatic nitrogens is 2. The highest BCUT2D eigenvalue weighted by Crippen LogP contribution is 2.27. The number of anilines is 1. The standard InChI is InChI=1S/C26H30N6O7/c1-17-7-6-8-19(11-17)30-23(15-22(28-30)26(2,3)4)27-24(33)16-29(9-10-39-5)25(34)18-12-20(31(35)36)14-21(13-18)32(37)38/h6-8,11-15H,9-10,16H2,1-5H3,(H,27,33). The fourth-order valence-corrected chi connectivity index (χ4v) is 3.71. The third-order valence-electron chi connectivity index (χ3n) is 5.75. The van der Waals surface area contributed by atoms with Gasteiger partial charge in [0, 0.05) is 37.3 Å². The second kappa shape index (κ2) is 11.8. The van der Waals surface area contributed by atoms with Gasteiger partial charge in [0.1, 0.15) is 12.4 Å². The molecule has 0 saturated carbocycles. The van der Waals surface area contributed by atoms with Gasteiger partial charge in [-0.25, -0.2) is 4.68 Å². The third-order valence-corrected chi connectivity index (χ3v) is 5.75. The zero-order chi connectivity index (χ0) is 28.9. The van der Waals surface area contributed by atoms with Gasteiger partial charge in [-0.05, 0) is 24.6 Å². The number of nitro groups is 2. The largest absolute Gasteiger partial charge is 0.383 e. The number of aryl methyl sites for hydroxylation is 1. The van der Waals surface area contributed by atoms with Crippen LogP contribution >= 0.6 is 0 Å². The first-order valence-corrected chi connectivity index (χ1v) is 12.0. The average molecular weight is 539 g/mol. The van der Waals surface area contributed by atoms with Crippen LogP contribution in [0.5, 0.6) is 0 Å². The quantitative estimate of drug-likeness (QED) is 0.299. The van der Waals surface area contributed by atoms with Crippen molar-refractivity contribution in [3.63, 3.8) is 0 Å². The van der Waals surface area contributed by atoms with E-state index in [2.05, 4.69) is 10.4 Å². The second-order valence-electron chi connectivity index (χ2n) is 9.94. The smallest absolute Gasteiger partial charge is 0.277 e. The Balaban J connectivity index is 1.93. The normalized spacial score (nSPS) is 11.2. The Morgan fingerprint density at radius 2 is 1.69 bits per heavy atom. The molecular weight excluding hydrogens is 508 g/mol. The molecule has 0 spiro atoms. The molecule has 206 valence electrons. The van der Waals surface area contributed by atoms with Crippen LogP contribution in [0, 0.1) is 27.2 Å². The van der Waals surface area contributed by atoms with E-state index in [4.69, 9.17) is 4.74 Å². The fourth-order valence-electron chi connectivity index (χ4n) is 3.71. The van der Waals surface area contributed by atoms with Crippen molar-refractivity contribution in [1.29, 1.82) is 0 Å². The number of hydrogen-bond acceptors (Lipinski definition) is 8. The number of nitro benzene ring substituents is 2. The van der Waals surface area contributed by atoms with E-state index in [-0.39, 0.29) is 24.1 Å². The molecule has 0 bridgehead atoms. The zero-order valence-corrected chi connectivity index (χ0v) is 22.3. The van der Waals surface area contributed by atoms with Crippen LogP contribution in [0.3, 0.4) is 0 Å². The maximum absolute atomic E-state index is 13.3. The minimum absolute atomic E-state index is 0.0381. The van der Waals surface area contributed by atoms with Gasteiger partial charge in [-0.1, -0.05) is 32.9 Å². The summed E-state index contributed by atoms with van der Waals surface area (Å²) in [5.41, 5.74) is 0.638. The Morgan fingerprint density at radius 3 is 2.23 bits per heavy atom. The highest BCUT2D eigenvalue weighted by Gasteiger charge is 2.26. The summed E-state index contributed by atoms with van der Waals surface area (Å²) < 4.78 is 6.66. The van der Waals surface area contributed by atoms with Gasteiger partial charge < -0.3 is 15.0 Å².